The second-order valence-corrected chi connectivity index (χ2v) is 4.92. The van der Waals surface area contributed by atoms with Gasteiger partial charge in [-0.05, 0) is 44.0 Å². The van der Waals surface area contributed by atoms with Crippen LogP contribution in [0.5, 0.6) is 5.75 Å². The van der Waals surface area contributed by atoms with Crippen molar-refractivity contribution in [2.75, 3.05) is 6.54 Å². The molecule has 0 amide bonds. The summed E-state index contributed by atoms with van der Waals surface area (Å²) in [5.41, 5.74) is 9.00. The summed E-state index contributed by atoms with van der Waals surface area (Å²) in [6.07, 6.45) is 4.07. The third-order valence-corrected chi connectivity index (χ3v) is 2.88. The lowest BCUT2D eigenvalue weighted by Gasteiger charge is -2.12. The lowest BCUT2D eigenvalue weighted by atomic mass is 10.0. The summed E-state index contributed by atoms with van der Waals surface area (Å²) in [7, 11) is 0. The Kier molecular flexibility index (Phi) is 6.05. The highest BCUT2D eigenvalue weighted by Gasteiger charge is 2.07. The molecule has 0 saturated carbocycles. The molecule has 0 atom stereocenters. The second kappa shape index (κ2) is 7.31. The maximum atomic E-state index is 5.74. The van der Waals surface area contributed by atoms with Crippen LogP contribution in [0.1, 0.15) is 19.4 Å². The van der Waals surface area contributed by atoms with Crippen LogP contribution >= 0.6 is 12.4 Å². The van der Waals surface area contributed by atoms with Gasteiger partial charge in [-0.3, -0.25) is 4.68 Å². The van der Waals surface area contributed by atoms with Gasteiger partial charge in [-0.25, -0.2) is 0 Å². The number of aryl methyl sites for hydroxylation is 1. The van der Waals surface area contributed by atoms with Crippen molar-refractivity contribution in [3.05, 3.63) is 36.2 Å². The molecule has 2 aromatic rings. The van der Waals surface area contributed by atoms with Crippen LogP contribution in [0.25, 0.3) is 11.1 Å². The Morgan fingerprint density at radius 1 is 1.35 bits per heavy atom. The zero-order valence-corrected chi connectivity index (χ0v) is 13.0. The van der Waals surface area contributed by atoms with Gasteiger partial charge in [-0.1, -0.05) is 6.07 Å². The third kappa shape index (κ3) is 3.99. The SMILES string of the molecule is Cc1ccc(OC(C)C)cc1-c1cnn(CCN)c1.Cl. The van der Waals surface area contributed by atoms with Gasteiger partial charge in [0.05, 0.1) is 18.8 Å². The highest BCUT2D eigenvalue weighted by Crippen LogP contribution is 2.27. The summed E-state index contributed by atoms with van der Waals surface area (Å²) in [6.45, 7) is 7.48. The van der Waals surface area contributed by atoms with E-state index in [9.17, 15) is 0 Å². The Morgan fingerprint density at radius 3 is 2.75 bits per heavy atom. The summed E-state index contributed by atoms with van der Waals surface area (Å²) in [5, 5.41) is 4.31. The van der Waals surface area contributed by atoms with Gasteiger partial charge in [-0.15, -0.1) is 12.4 Å². The Labute approximate surface area is 126 Å². The minimum atomic E-state index is 0. The van der Waals surface area contributed by atoms with E-state index in [1.54, 1.807) is 0 Å². The molecule has 5 heteroatoms. The molecule has 0 aliphatic rings. The molecular formula is C15H22ClN3O. The van der Waals surface area contributed by atoms with E-state index in [1.165, 1.54) is 5.56 Å². The van der Waals surface area contributed by atoms with E-state index < -0.39 is 0 Å². The number of aromatic nitrogens is 2. The van der Waals surface area contributed by atoms with Crippen LogP contribution in [-0.2, 0) is 6.54 Å². The average Bonchev–Trinajstić information content (AvgIpc) is 2.80. The molecule has 0 bridgehead atoms. The number of hydrogen-bond acceptors (Lipinski definition) is 3. The van der Waals surface area contributed by atoms with Crippen LogP contribution in [0.3, 0.4) is 0 Å². The third-order valence-electron chi connectivity index (χ3n) is 2.88. The molecule has 0 saturated heterocycles. The van der Waals surface area contributed by atoms with Crippen molar-refractivity contribution in [3.63, 3.8) is 0 Å². The maximum absolute atomic E-state index is 5.74. The molecule has 1 heterocycles. The molecule has 1 aromatic heterocycles. The van der Waals surface area contributed by atoms with E-state index >= 15 is 0 Å². The highest BCUT2D eigenvalue weighted by molar-refractivity contribution is 5.85. The molecule has 2 N–H and O–H groups in total. The quantitative estimate of drug-likeness (QED) is 0.922. The Hall–Kier alpha value is -1.52. The smallest absolute Gasteiger partial charge is 0.120 e. The van der Waals surface area contributed by atoms with Crippen molar-refractivity contribution in [2.45, 2.75) is 33.4 Å². The molecule has 110 valence electrons. The molecule has 2 rings (SSSR count). The number of ether oxygens (including phenoxy) is 1. The maximum Gasteiger partial charge on any atom is 0.120 e. The molecule has 0 aliphatic heterocycles. The fourth-order valence-corrected chi connectivity index (χ4v) is 2.01. The molecular weight excluding hydrogens is 274 g/mol. The topological polar surface area (TPSA) is 53.1 Å². The van der Waals surface area contributed by atoms with E-state index in [1.807, 2.05) is 37.0 Å². The second-order valence-electron chi connectivity index (χ2n) is 4.92. The number of halogens is 1. The zero-order chi connectivity index (χ0) is 13.8. The number of rotatable bonds is 5. The summed E-state index contributed by atoms with van der Waals surface area (Å²) in [4.78, 5) is 0. The molecule has 0 unspecified atom stereocenters. The fraction of sp³-hybridized carbons (Fsp3) is 0.400. The van der Waals surface area contributed by atoms with Crippen molar-refractivity contribution in [3.8, 4) is 16.9 Å². The van der Waals surface area contributed by atoms with Gasteiger partial charge in [0, 0.05) is 18.3 Å². The van der Waals surface area contributed by atoms with Gasteiger partial charge in [0.25, 0.3) is 0 Å². The van der Waals surface area contributed by atoms with Crippen LogP contribution in [0.4, 0.5) is 0 Å². The van der Waals surface area contributed by atoms with Crippen LogP contribution in [-0.4, -0.2) is 22.4 Å². The summed E-state index contributed by atoms with van der Waals surface area (Å²) < 4.78 is 7.60. The van der Waals surface area contributed by atoms with Crippen molar-refractivity contribution in [1.29, 1.82) is 0 Å². The largest absolute Gasteiger partial charge is 0.491 e. The van der Waals surface area contributed by atoms with Gasteiger partial charge in [0.2, 0.25) is 0 Å². The van der Waals surface area contributed by atoms with Crippen LogP contribution in [0.2, 0.25) is 0 Å². The molecule has 4 nitrogen and oxygen atoms in total. The summed E-state index contributed by atoms with van der Waals surface area (Å²) in [6, 6.07) is 6.15. The first-order chi connectivity index (χ1) is 9.10. The molecule has 0 aliphatic carbocycles. The van der Waals surface area contributed by atoms with E-state index in [2.05, 4.69) is 24.2 Å². The first-order valence-corrected chi connectivity index (χ1v) is 6.60. The van der Waals surface area contributed by atoms with E-state index in [-0.39, 0.29) is 18.5 Å². The van der Waals surface area contributed by atoms with E-state index in [0.29, 0.717) is 6.54 Å². The molecule has 0 radical (unpaired) electrons. The van der Waals surface area contributed by atoms with Crippen molar-refractivity contribution < 1.29 is 4.74 Å². The summed E-state index contributed by atoms with van der Waals surface area (Å²) in [5.74, 6) is 0.891. The van der Waals surface area contributed by atoms with Gasteiger partial charge in [0.1, 0.15) is 5.75 Å². The van der Waals surface area contributed by atoms with Gasteiger partial charge < -0.3 is 10.5 Å². The first-order valence-electron chi connectivity index (χ1n) is 6.60. The lowest BCUT2D eigenvalue weighted by molar-refractivity contribution is 0.242. The van der Waals surface area contributed by atoms with Crippen LogP contribution in [0, 0.1) is 6.92 Å². The van der Waals surface area contributed by atoms with Crippen molar-refractivity contribution >= 4 is 12.4 Å². The minimum absolute atomic E-state index is 0. The number of nitrogens with two attached hydrogens (primary N) is 1. The van der Waals surface area contributed by atoms with E-state index in [0.717, 1.165) is 23.4 Å². The lowest BCUT2D eigenvalue weighted by Crippen LogP contribution is -2.09. The standard InChI is InChI=1S/C15H21N3O.ClH/c1-11(2)19-14-5-4-12(3)15(8-14)13-9-17-18(10-13)7-6-16;/h4-5,8-11H,6-7,16H2,1-3H3;1H. The minimum Gasteiger partial charge on any atom is -0.491 e. The number of nitrogens with zero attached hydrogens (tertiary/aromatic N) is 2. The highest BCUT2D eigenvalue weighted by atomic mass is 35.5. The Morgan fingerprint density at radius 2 is 2.10 bits per heavy atom. The van der Waals surface area contributed by atoms with E-state index in [4.69, 9.17) is 10.5 Å². The zero-order valence-electron chi connectivity index (χ0n) is 12.2. The monoisotopic (exact) mass is 295 g/mol. The molecule has 20 heavy (non-hydrogen) atoms. The van der Waals surface area contributed by atoms with Crippen molar-refractivity contribution in [2.24, 2.45) is 5.73 Å². The van der Waals surface area contributed by atoms with Gasteiger partial charge in [0.15, 0.2) is 0 Å². The Bertz CT molecular complexity index is 552. The number of hydrogen-bond donors (Lipinski definition) is 1. The molecule has 0 spiro atoms. The Balaban J connectivity index is 0.00000200. The normalized spacial score (nSPS) is 10.4. The van der Waals surface area contributed by atoms with Crippen LogP contribution < -0.4 is 10.5 Å². The molecule has 0 fully saturated rings. The first kappa shape index (κ1) is 16.5. The summed E-state index contributed by atoms with van der Waals surface area (Å²) >= 11 is 0. The predicted molar refractivity (Wildman–Crippen MR) is 84.5 cm³/mol. The average molecular weight is 296 g/mol. The molecule has 1 aromatic carbocycles. The van der Waals surface area contributed by atoms with Gasteiger partial charge in [-0.2, -0.15) is 5.10 Å². The fourth-order valence-electron chi connectivity index (χ4n) is 2.01. The van der Waals surface area contributed by atoms with Crippen molar-refractivity contribution in [1.82, 2.24) is 9.78 Å². The van der Waals surface area contributed by atoms with Gasteiger partial charge >= 0.3 is 0 Å². The van der Waals surface area contributed by atoms with Crippen LogP contribution in [0.15, 0.2) is 30.6 Å². The number of benzene rings is 1. The predicted octanol–water partition coefficient (Wildman–Crippen LogP) is 3.03.